The molecule has 1 aliphatic carbocycles. The molecule has 1 saturated carbocycles. The van der Waals surface area contributed by atoms with Gasteiger partial charge in [-0.1, -0.05) is 68.3 Å². The topological polar surface area (TPSA) is 72.8 Å². The highest BCUT2D eigenvalue weighted by Crippen LogP contribution is 2.39. The zero-order valence-electron chi connectivity index (χ0n) is 18.6. The molecule has 4 atom stereocenters. The van der Waals surface area contributed by atoms with E-state index in [1.54, 1.807) is 48.5 Å². The molecule has 0 unspecified atom stereocenters. The number of hydrogen-bond donors (Lipinski definition) is 1. The van der Waals surface area contributed by atoms with Gasteiger partial charge < -0.3 is 14.6 Å². The van der Waals surface area contributed by atoms with Gasteiger partial charge in [-0.15, -0.1) is 0 Å². The van der Waals surface area contributed by atoms with Crippen molar-refractivity contribution >= 4 is 11.9 Å². The summed E-state index contributed by atoms with van der Waals surface area (Å²) in [5.41, 5.74) is 0.944. The summed E-state index contributed by atoms with van der Waals surface area (Å²) >= 11 is 0. The van der Waals surface area contributed by atoms with Gasteiger partial charge >= 0.3 is 11.9 Å². The maximum atomic E-state index is 12.7. The van der Waals surface area contributed by atoms with Crippen molar-refractivity contribution in [2.24, 2.45) is 11.8 Å². The molecule has 3 rings (SSSR count). The summed E-state index contributed by atoms with van der Waals surface area (Å²) in [6.45, 7) is 2.01. The molecular formula is C27H32O5. The van der Waals surface area contributed by atoms with Crippen molar-refractivity contribution in [2.75, 3.05) is 6.61 Å². The summed E-state index contributed by atoms with van der Waals surface area (Å²) in [5.74, 6) is -1.25. The predicted octanol–water partition coefficient (Wildman–Crippen LogP) is 5.20. The fourth-order valence-electron chi connectivity index (χ4n) is 4.23. The van der Waals surface area contributed by atoms with Gasteiger partial charge in [-0.3, -0.25) is 0 Å². The monoisotopic (exact) mass is 436 g/mol. The number of rotatable bonds is 10. The van der Waals surface area contributed by atoms with Crippen molar-refractivity contribution in [3.63, 3.8) is 0 Å². The second-order valence-corrected chi connectivity index (χ2v) is 8.21. The van der Waals surface area contributed by atoms with Crippen molar-refractivity contribution in [2.45, 2.75) is 51.2 Å². The first kappa shape index (κ1) is 23.7. The van der Waals surface area contributed by atoms with Crippen LogP contribution in [-0.4, -0.2) is 35.9 Å². The standard InChI is InChI=1S/C27H32O5/c1-2-3-4-5-12-17-22-23(19-28)25(32-27(30)21-15-10-7-11-16-21)18-24(22)31-26(29)20-13-8-6-9-14-20/h5-16,22-25,28H,2-4,17-19H2,1H3/b12-5-/t22-,23-,24+,25-/m1/s1. The number of unbranched alkanes of at least 4 members (excludes halogenated alkanes) is 2. The fourth-order valence-corrected chi connectivity index (χ4v) is 4.23. The number of allylic oxidation sites excluding steroid dienone is 2. The first-order chi connectivity index (χ1) is 15.6. The molecule has 0 amide bonds. The van der Waals surface area contributed by atoms with E-state index in [1.807, 2.05) is 12.1 Å². The van der Waals surface area contributed by atoms with Gasteiger partial charge in [0.2, 0.25) is 0 Å². The van der Waals surface area contributed by atoms with E-state index in [0.29, 0.717) is 24.0 Å². The molecular weight excluding hydrogens is 404 g/mol. The Labute approximate surface area is 190 Å². The molecule has 2 aromatic carbocycles. The Morgan fingerprint density at radius 3 is 1.91 bits per heavy atom. The minimum Gasteiger partial charge on any atom is -0.458 e. The number of carbonyl (C=O) groups is 2. The van der Waals surface area contributed by atoms with Gasteiger partial charge in [-0.25, -0.2) is 9.59 Å². The molecule has 2 aromatic rings. The molecule has 1 N–H and O–H groups in total. The lowest BCUT2D eigenvalue weighted by atomic mass is 9.91. The summed E-state index contributed by atoms with van der Waals surface area (Å²) < 4.78 is 11.6. The molecule has 0 aromatic heterocycles. The van der Waals surface area contributed by atoms with E-state index < -0.39 is 24.1 Å². The first-order valence-corrected chi connectivity index (χ1v) is 11.4. The zero-order valence-corrected chi connectivity index (χ0v) is 18.6. The molecule has 0 bridgehead atoms. The fraction of sp³-hybridized carbons (Fsp3) is 0.407. The van der Waals surface area contributed by atoms with E-state index in [4.69, 9.17) is 9.47 Å². The molecule has 0 radical (unpaired) electrons. The van der Waals surface area contributed by atoms with Crippen molar-refractivity contribution in [1.29, 1.82) is 0 Å². The van der Waals surface area contributed by atoms with Gasteiger partial charge in [-0.2, -0.15) is 0 Å². The second-order valence-electron chi connectivity index (χ2n) is 8.21. The molecule has 1 fully saturated rings. The first-order valence-electron chi connectivity index (χ1n) is 11.4. The van der Waals surface area contributed by atoms with Crippen LogP contribution >= 0.6 is 0 Å². The van der Waals surface area contributed by atoms with Gasteiger partial charge in [0, 0.05) is 24.9 Å². The van der Waals surface area contributed by atoms with E-state index >= 15 is 0 Å². The number of esters is 2. The molecule has 170 valence electrons. The van der Waals surface area contributed by atoms with Crippen molar-refractivity contribution in [3.8, 4) is 0 Å². The van der Waals surface area contributed by atoms with Crippen LogP contribution in [0.3, 0.4) is 0 Å². The Morgan fingerprint density at radius 2 is 1.41 bits per heavy atom. The summed E-state index contributed by atoms with van der Waals surface area (Å²) in [5, 5.41) is 10.1. The number of benzene rings is 2. The summed E-state index contributed by atoms with van der Waals surface area (Å²) in [4.78, 5) is 25.3. The lowest BCUT2D eigenvalue weighted by molar-refractivity contribution is 0.00769. The third-order valence-electron chi connectivity index (χ3n) is 6.02. The number of aliphatic hydroxyl groups is 1. The van der Waals surface area contributed by atoms with Crippen molar-refractivity contribution in [3.05, 3.63) is 83.9 Å². The van der Waals surface area contributed by atoms with Crippen LogP contribution in [0.15, 0.2) is 72.8 Å². The van der Waals surface area contributed by atoms with Crippen molar-refractivity contribution < 1.29 is 24.2 Å². The molecule has 5 heteroatoms. The third-order valence-corrected chi connectivity index (χ3v) is 6.02. The van der Waals surface area contributed by atoms with Crippen LogP contribution in [0.1, 0.15) is 59.7 Å². The minimum absolute atomic E-state index is 0.126. The number of ether oxygens (including phenoxy) is 2. The largest absolute Gasteiger partial charge is 0.458 e. The van der Waals surface area contributed by atoms with Crippen LogP contribution in [0, 0.1) is 11.8 Å². The number of carbonyl (C=O) groups excluding carboxylic acids is 2. The summed E-state index contributed by atoms with van der Waals surface area (Å²) in [6, 6.07) is 17.7. The van der Waals surface area contributed by atoms with Crippen LogP contribution in [0.2, 0.25) is 0 Å². The normalized spacial score (nSPS) is 22.7. The van der Waals surface area contributed by atoms with Gasteiger partial charge in [-0.05, 0) is 37.1 Å². The molecule has 0 heterocycles. The van der Waals surface area contributed by atoms with Crippen molar-refractivity contribution in [1.82, 2.24) is 0 Å². The Bertz CT molecular complexity index is 877. The highest BCUT2D eigenvalue weighted by atomic mass is 16.6. The average Bonchev–Trinajstić information content (AvgIpc) is 3.15. The van der Waals surface area contributed by atoms with Gasteiger partial charge in [0.1, 0.15) is 12.2 Å². The predicted molar refractivity (Wildman–Crippen MR) is 123 cm³/mol. The number of aliphatic hydroxyl groups excluding tert-OH is 1. The lowest BCUT2D eigenvalue weighted by Gasteiger charge is -2.24. The van der Waals surface area contributed by atoms with E-state index in [2.05, 4.69) is 19.1 Å². The second kappa shape index (κ2) is 12.2. The molecule has 32 heavy (non-hydrogen) atoms. The molecule has 1 aliphatic rings. The molecule has 0 aliphatic heterocycles. The minimum atomic E-state index is -0.518. The van der Waals surface area contributed by atoms with Crippen LogP contribution in [0.5, 0.6) is 0 Å². The Kier molecular flexibility index (Phi) is 9.05. The van der Waals surface area contributed by atoms with Gasteiger partial charge in [0.15, 0.2) is 0 Å². The molecule has 0 spiro atoms. The Hall–Kier alpha value is -2.92. The van der Waals surface area contributed by atoms with E-state index in [9.17, 15) is 14.7 Å². The zero-order chi connectivity index (χ0) is 22.8. The highest BCUT2D eigenvalue weighted by Gasteiger charge is 2.46. The quantitative estimate of drug-likeness (QED) is 0.315. The smallest absolute Gasteiger partial charge is 0.338 e. The van der Waals surface area contributed by atoms with E-state index in [-0.39, 0.29) is 18.4 Å². The van der Waals surface area contributed by atoms with Gasteiger partial charge in [0.25, 0.3) is 0 Å². The van der Waals surface area contributed by atoms with E-state index in [1.165, 1.54) is 0 Å². The number of hydrogen-bond acceptors (Lipinski definition) is 5. The SMILES string of the molecule is CCCC/C=C\C[C@@H]1[C@@H](CO)[C@H](OC(=O)c2ccccc2)C[C@@H]1OC(=O)c1ccccc1. The molecule has 5 nitrogen and oxygen atoms in total. The van der Waals surface area contributed by atoms with Gasteiger partial charge in [0.05, 0.1) is 11.1 Å². The van der Waals surface area contributed by atoms with E-state index in [0.717, 1.165) is 19.3 Å². The maximum Gasteiger partial charge on any atom is 0.338 e. The maximum absolute atomic E-state index is 12.7. The highest BCUT2D eigenvalue weighted by molar-refractivity contribution is 5.90. The Morgan fingerprint density at radius 1 is 0.875 bits per heavy atom. The average molecular weight is 437 g/mol. The van der Waals surface area contributed by atoms with Crippen LogP contribution in [0.25, 0.3) is 0 Å². The van der Waals surface area contributed by atoms with Crippen LogP contribution in [0.4, 0.5) is 0 Å². The summed E-state index contributed by atoms with van der Waals surface area (Å²) in [6.07, 6.45) is 7.53. The molecule has 0 saturated heterocycles. The van der Waals surface area contributed by atoms with Crippen LogP contribution in [-0.2, 0) is 9.47 Å². The summed E-state index contributed by atoms with van der Waals surface area (Å²) in [7, 11) is 0. The lowest BCUT2D eigenvalue weighted by Crippen LogP contribution is -2.29. The third kappa shape index (κ3) is 6.30. The van der Waals surface area contributed by atoms with Crippen LogP contribution < -0.4 is 0 Å². The Balaban J connectivity index is 1.74.